The highest BCUT2D eigenvalue weighted by Crippen LogP contribution is 2.40. The van der Waals surface area contributed by atoms with Gasteiger partial charge >= 0.3 is 0 Å². The Morgan fingerprint density at radius 3 is 2.43 bits per heavy atom. The number of hydrogen-bond donors (Lipinski definition) is 2. The lowest BCUT2D eigenvalue weighted by atomic mass is 9.71. The summed E-state index contributed by atoms with van der Waals surface area (Å²) in [5, 5.41) is 2.71. The van der Waals surface area contributed by atoms with Crippen LogP contribution in [0.2, 0.25) is 0 Å². The molecule has 2 rings (SSSR count). The van der Waals surface area contributed by atoms with Gasteiger partial charge in [-0.1, -0.05) is 19.3 Å². The molecule has 2 amide bonds. The van der Waals surface area contributed by atoms with Crippen molar-refractivity contribution in [3.8, 4) is 0 Å². The van der Waals surface area contributed by atoms with E-state index in [9.17, 15) is 9.59 Å². The zero-order valence-electron chi connectivity index (χ0n) is 13.4. The Morgan fingerprint density at radius 1 is 1.19 bits per heavy atom. The molecule has 5 heteroatoms. The molecule has 5 nitrogen and oxygen atoms in total. The zero-order chi connectivity index (χ0) is 15.5. The van der Waals surface area contributed by atoms with Gasteiger partial charge in [-0.3, -0.25) is 9.59 Å². The van der Waals surface area contributed by atoms with Gasteiger partial charge in [0.1, 0.15) is 0 Å². The SMILES string of the molecule is CNC(=O)C1(C)CCN(C(=O)CC2(CN)CCCCC2)C1. The molecule has 1 heterocycles. The third-order valence-electron chi connectivity index (χ3n) is 5.47. The zero-order valence-corrected chi connectivity index (χ0v) is 13.4. The number of nitrogens with two attached hydrogens (primary N) is 1. The van der Waals surface area contributed by atoms with Gasteiger partial charge in [-0.15, -0.1) is 0 Å². The first-order chi connectivity index (χ1) is 9.95. The van der Waals surface area contributed by atoms with E-state index >= 15 is 0 Å². The van der Waals surface area contributed by atoms with Crippen LogP contribution in [0.15, 0.2) is 0 Å². The monoisotopic (exact) mass is 295 g/mol. The van der Waals surface area contributed by atoms with Crippen molar-refractivity contribution in [2.75, 3.05) is 26.7 Å². The Kier molecular flexibility index (Phi) is 4.91. The first-order valence-corrected chi connectivity index (χ1v) is 8.15. The van der Waals surface area contributed by atoms with E-state index in [0.717, 1.165) is 19.3 Å². The average Bonchev–Trinajstić information content (AvgIpc) is 2.91. The second-order valence-electron chi connectivity index (χ2n) is 7.15. The van der Waals surface area contributed by atoms with Crippen molar-refractivity contribution in [3.63, 3.8) is 0 Å². The molecule has 1 saturated carbocycles. The van der Waals surface area contributed by atoms with Gasteiger partial charge in [0.25, 0.3) is 0 Å². The van der Waals surface area contributed by atoms with Crippen LogP contribution in [0.25, 0.3) is 0 Å². The highest BCUT2D eigenvalue weighted by Gasteiger charge is 2.43. The van der Waals surface area contributed by atoms with E-state index < -0.39 is 5.41 Å². The second kappa shape index (κ2) is 6.34. The molecule has 1 atom stereocenters. The number of likely N-dealkylation sites (tertiary alicyclic amines) is 1. The molecule has 2 aliphatic rings. The molecule has 1 unspecified atom stereocenters. The summed E-state index contributed by atoms with van der Waals surface area (Å²) in [6.45, 7) is 3.76. The van der Waals surface area contributed by atoms with Gasteiger partial charge in [-0.2, -0.15) is 0 Å². The minimum Gasteiger partial charge on any atom is -0.359 e. The number of hydrogen-bond acceptors (Lipinski definition) is 3. The van der Waals surface area contributed by atoms with E-state index in [2.05, 4.69) is 5.32 Å². The van der Waals surface area contributed by atoms with Crippen molar-refractivity contribution in [2.45, 2.75) is 51.9 Å². The Balaban J connectivity index is 1.97. The first-order valence-electron chi connectivity index (χ1n) is 8.15. The standard InChI is InChI=1S/C16H29N3O2/c1-15(14(21)18-2)8-9-19(12-15)13(20)10-16(11-17)6-4-3-5-7-16/h3-12,17H2,1-2H3,(H,18,21). The summed E-state index contributed by atoms with van der Waals surface area (Å²) >= 11 is 0. The van der Waals surface area contributed by atoms with Crippen molar-refractivity contribution in [1.29, 1.82) is 0 Å². The third-order valence-corrected chi connectivity index (χ3v) is 5.47. The van der Waals surface area contributed by atoms with Crippen LogP contribution in [0.3, 0.4) is 0 Å². The molecular formula is C16H29N3O2. The molecule has 0 spiro atoms. The van der Waals surface area contributed by atoms with E-state index in [1.165, 1.54) is 19.3 Å². The first kappa shape index (κ1) is 16.3. The lowest BCUT2D eigenvalue weighted by Crippen LogP contribution is -2.43. The van der Waals surface area contributed by atoms with Gasteiger partial charge < -0.3 is 16.0 Å². The van der Waals surface area contributed by atoms with Crippen molar-refractivity contribution < 1.29 is 9.59 Å². The lowest BCUT2D eigenvalue weighted by Gasteiger charge is -2.37. The largest absolute Gasteiger partial charge is 0.359 e. The number of carbonyl (C=O) groups is 2. The van der Waals surface area contributed by atoms with Gasteiger partial charge in [-0.25, -0.2) is 0 Å². The molecule has 2 fully saturated rings. The van der Waals surface area contributed by atoms with Crippen LogP contribution in [0.5, 0.6) is 0 Å². The molecule has 120 valence electrons. The molecule has 0 aromatic rings. The molecule has 0 bridgehead atoms. The minimum atomic E-state index is -0.438. The predicted molar refractivity (Wildman–Crippen MR) is 82.6 cm³/mol. The summed E-state index contributed by atoms with van der Waals surface area (Å²) in [5.41, 5.74) is 5.54. The molecule has 0 radical (unpaired) electrons. The van der Waals surface area contributed by atoms with Crippen molar-refractivity contribution >= 4 is 11.8 Å². The van der Waals surface area contributed by atoms with Gasteiger partial charge in [0.2, 0.25) is 11.8 Å². The molecule has 3 N–H and O–H groups in total. The molecule has 1 aliphatic heterocycles. The Labute approximate surface area is 127 Å². The van der Waals surface area contributed by atoms with Crippen LogP contribution in [-0.2, 0) is 9.59 Å². The predicted octanol–water partition coefficient (Wildman–Crippen LogP) is 1.27. The van der Waals surface area contributed by atoms with Crippen molar-refractivity contribution in [3.05, 3.63) is 0 Å². The van der Waals surface area contributed by atoms with Crippen LogP contribution >= 0.6 is 0 Å². The quantitative estimate of drug-likeness (QED) is 0.820. The lowest BCUT2D eigenvalue weighted by molar-refractivity contribution is -0.134. The topological polar surface area (TPSA) is 75.4 Å². The summed E-state index contributed by atoms with van der Waals surface area (Å²) in [6, 6.07) is 0. The summed E-state index contributed by atoms with van der Waals surface area (Å²) in [4.78, 5) is 26.4. The van der Waals surface area contributed by atoms with Crippen LogP contribution < -0.4 is 11.1 Å². The average molecular weight is 295 g/mol. The maximum atomic E-state index is 12.6. The van der Waals surface area contributed by atoms with E-state index in [1.807, 2.05) is 11.8 Å². The summed E-state index contributed by atoms with van der Waals surface area (Å²) < 4.78 is 0. The smallest absolute Gasteiger partial charge is 0.227 e. The molecule has 21 heavy (non-hydrogen) atoms. The molecule has 0 aromatic carbocycles. The maximum Gasteiger partial charge on any atom is 0.227 e. The number of nitrogens with one attached hydrogen (secondary N) is 1. The van der Waals surface area contributed by atoms with Crippen molar-refractivity contribution in [2.24, 2.45) is 16.6 Å². The van der Waals surface area contributed by atoms with E-state index in [1.54, 1.807) is 7.05 Å². The van der Waals surface area contributed by atoms with Crippen molar-refractivity contribution in [1.82, 2.24) is 10.2 Å². The van der Waals surface area contributed by atoms with Crippen LogP contribution in [0.1, 0.15) is 51.9 Å². The highest BCUT2D eigenvalue weighted by atomic mass is 16.2. The van der Waals surface area contributed by atoms with Crippen LogP contribution in [0, 0.1) is 10.8 Å². The van der Waals surface area contributed by atoms with E-state index in [-0.39, 0.29) is 17.2 Å². The van der Waals surface area contributed by atoms with Gasteiger partial charge in [0.05, 0.1) is 5.41 Å². The molecule has 1 saturated heterocycles. The second-order valence-corrected chi connectivity index (χ2v) is 7.15. The number of nitrogens with zero attached hydrogens (tertiary/aromatic N) is 1. The Bertz CT molecular complexity index is 404. The summed E-state index contributed by atoms with van der Waals surface area (Å²) in [7, 11) is 1.66. The van der Waals surface area contributed by atoms with E-state index in [0.29, 0.717) is 26.1 Å². The minimum absolute atomic E-state index is 0.00133. The molecule has 1 aliphatic carbocycles. The van der Waals surface area contributed by atoms with Gasteiger partial charge in [-0.05, 0) is 38.1 Å². The third kappa shape index (κ3) is 3.39. The molecular weight excluding hydrogens is 266 g/mol. The Hall–Kier alpha value is -1.10. The van der Waals surface area contributed by atoms with Crippen LogP contribution in [0.4, 0.5) is 0 Å². The number of rotatable bonds is 4. The fraction of sp³-hybridized carbons (Fsp3) is 0.875. The fourth-order valence-electron chi connectivity index (χ4n) is 3.85. The Morgan fingerprint density at radius 2 is 1.86 bits per heavy atom. The number of amides is 2. The maximum absolute atomic E-state index is 12.6. The summed E-state index contributed by atoms with van der Waals surface area (Å²) in [6.07, 6.45) is 7.04. The number of carbonyl (C=O) groups excluding carboxylic acids is 2. The van der Waals surface area contributed by atoms with E-state index in [4.69, 9.17) is 5.73 Å². The fourth-order valence-corrected chi connectivity index (χ4v) is 3.85. The molecule has 0 aromatic heterocycles. The van der Waals surface area contributed by atoms with Gasteiger partial charge in [0.15, 0.2) is 0 Å². The van der Waals surface area contributed by atoms with Gasteiger partial charge in [0, 0.05) is 26.6 Å². The highest BCUT2D eigenvalue weighted by molar-refractivity contribution is 5.85. The normalized spacial score (nSPS) is 28.4. The van der Waals surface area contributed by atoms with Crippen LogP contribution in [-0.4, -0.2) is 43.4 Å². The summed E-state index contributed by atoms with van der Waals surface area (Å²) in [5.74, 6) is 0.207.